The van der Waals surface area contributed by atoms with Gasteiger partial charge in [-0.25, -0.2) is 0 Å². The third-order valence-electron chi connectivity index (χ3n) is 4.36. The van der Waals surface area contributed by atoms with Crippen LogP contribution in [-0.4, -0.2) is 0 Å². The molecule has 0 spiro atoms. The van der Waals surface area contributed by atoms with Crippen molar-refractivity contribution in [3.63, 3.8) is 0 Å². The van der Waals surface area contributed by atoms with Crippen LogP contribution >= 0.6 is 10.2 Å². The van der Waals surface area contributed by atoms with E-state index in [0.717, 1.165) is 37.3 Å². The van der Waals surface area contributed by atoms with Gasteiger partial charge < -0.3 is 0 Å². The molecule has 2 aromatic rings. The Morgan fingerprint density at radius 3 is 1.95 bits per heavy atom. The molecule has 0 radical (unpaired) electrons. The van der Waals surface area contributed by atoms with Crippen molar-refractivity contribution >= 4 is 21.0 Å². The number of rotatable bonds is 2. The maximum atomic E-state index is 12.8. The van der Waals surface area contributed by atoms with Crippen LogP contribution in [0.1, 0.15) is 43.6 Å². The van der Waals surface area contributed by atoms with Gasteiger partial charge in [0.1, 0.15) is 4.90 Å². The van der Waals surface area contributed by atoms with Gasteiger partial charge in [-0.15, -0.1) is 0 Å². The molecule has 3 rings (SSSR count). The first kappa shape index (κ1) is 15.6. The van der Waals surface area contributed by atoms with Crippen molar-refractivity contribution < 1.29 is 19.4 Å². The van der Waals surface area contributed by atoms with Gasteiger partial charge >= 0.3 is 10.2 Å². The molecule has 0 nitrogen and oxygen atoms in total. The fourth-order valence-electron chi connectivity index (χ4n) is 3.17. The standard InChI is InChI=1S/C16H17F5S/c17-22(18,19,20,21)16-9-8-14-10-13(6-7-15(14)11-16)12-4-2-1-3-5-12/h6-12H,1-5H2. The number of hydrogen-bond acceptors (Lipinski definition) is 0. The van der Waals surface area contributed by atoms with Crippen LogP contribution in [0.25, 0.3) is 10.8 Å². The first-order chi connectivity index (χ1) is 10.0. The molecule has 0 saturated heterocycles. The lowest BCUT2D eigenvalue weighted by molar-refractivity contribution is 0.364. The maximum Gasteiger partial charge on any atom is 0.310 e. The Kier molecular flexibility index (Phi) is 3.10. The highest BCUT2D eigenvalue weighted by atomic mass is 32.5. The molecule has 122 valence electrons. The highest BCUT2D eigenvalue weighted by molar-refractivity contribution is 8.45. The summed E-state index contributed by atoms with van der Waals surface area (Å²) in [5, 5.41) is 0.777. The second kappa shape index (κ2) is 4.37. The van der Waals surface area contributed by atoms with E-state index in [1.807, 2.05) is 6.07 Å². The van der Waals surface area contributed by atoms with Crippen molar-refractivity contribution in [2.45, 2.75) is 42.9 Å². The molecule has 1 aliphatic rings. The summed E-state index contributed by atoms with van der Waals surface area (Å²) >= 11 is 0. The molecule has 1 fully saturated rings. The lowest BCUT2D eigenvalue weighted by Crippen LogP contribution is -2.06. The van der Waals surface area contributed by atoms with Crippen molar-refractivity contribution in [2.24, 2.45) is 0 Å². The second-order valence-corrected chi connectivity index (χ2v) is 8.48. The molecule has 0 heterocycles. The number of fused-ring (bicyclic) bond motifs is 1. The first-order valence-electron chi connectivity index (χ1n) is 7.31. The maximum absolute atomic E-state index is 12.8. The van der Waals surface area contributed by atoms with Crippen LogP contribution in [0.2, 0.25) is 0 Å². The first-order valence-corrected chi connectivity index (χ1v) is 9.26. The van der Waals surface area contributed by atoms with Crippen LogP contribution in [0.15, 0.2) is 41.3 Å². The zero-order valence-corrected chi connectivity index (χ0v) is 12.7. The van der Waals surface area contributed by atoms with Crippen molar-refractivity contribution in [1.29, 1.82) is 0 Å². The average molecular weight is 336 g/mol. The quantitative estimate of drug-likeness (QED) is 0.497. The molecule has 0 bridgehead atoms. The Balaban J connectivity index is 2.02. The van der Waals surface area contributed by atoms with Gasteiger partial charge in [-0.05, 0) is 47.2 Å². The average Bonchev–Trinajstić information content (AvgIpc) is 2.45. The molecular formula is C16H17F5S. The second-order valence-electron chi connectivity index (χ2n) is 6.07. The summed E-state index contributed by atoms with van der Waals surface area (Å²) in [6, 6.07) is 7.32. The molecule has 22 heavy (non-hydrogen) atoms. The molecule has 0 unspecified atom stereocenters. The molecule has 0 atom stereocenters. The molecule has 0 N–H and O–H groups in total. The predicted molar refractivity (Wildman–Crippen MR) is 81.2 cm³/mol. The fourth-order valence-corrected chi connectivity index (χ4v) is 3.85. The van der Waals surface area contributed by atoms with E-state index in [0.29, 0.717) is 23.4 Å². The summed E-state index contributed by atoms with van der Waals surface area (Å²) < 4.78 is 64.2. The van der Waals surface area contributed by atoms with Crippen LogP contribution < -0.4 is 0 Å². The van der Waals surface area contributed by atoms with Crippen molar-refractivity contribution in [3.8, 4) is 0 Å². The Morgan fingerprint density at radius 1 is 0.727 bits per heavy atom. The third kappa shape index (κ3) is 3.21. The predicted octanol–water partition coefficient (Wildman–Crippen LogP) is 7.54. The van der Waals surface area contributed by atoms with Gasteiger partial charge in [0.2, 0.25) is 0 Å². The largest absolute Gasteiger partial charge is 0.310 e. The smallest absolute Gasteiger partial charge is 0.0936 e. The van der Waals surface area contributed by atoms with Gasteiger partial charge in [0.15, 0.2) is 0 Å². The Bertz CT molecular complexity index is 714. The molecule has 1 saturated carbocycles. The number of hydrogen-bond donors (Lipinski definition) is 0. The monoisotopic (exact) mass is 336 g/mol. The van der Waals surface area contributed by atoms with E-state index in [4.69, 9.17) is 0 Å². The van der Waals surface area contributed by atoms with E-state index in [9.17, 15) is 19.4 Å². The normalized spacial score (nSPS) is 20.6. The number of halogens is 5. The molecule has 6 heteroatoms. The van der Waals surface area contributed by atoms with Crippen LogP contribution in [0, 0.1) is 0 Å². The summed E-state index contributed by atoms with van der Waals surface area (Å²) in [4.78, 5) is -1.82. The highest BCUT2D eigenvalue weighted by Gasteiger charge is 2.65. The van der Waals surface area contributed by atoms with Gasteiger partial charge in [0.25, 0.3) is 0 Å². The Labute approximate surface area is 126 Å². The lowest BCUT2D eigenvalue weighted by atomic mass is 9.83. The Hall–Kier alpha value is -1.30. The summed E-state index contributed by atoms with van der Waals surface area (Å²) in [6.07, 6.45) is 5.69. The van der Waals surface area contributed by atoms with E-state index in [2.05, 4.69) is 0 Å². The van der Waals surface area contributed by atoms with Crippen molar-refractivity contribution in [2.75, 3.05) is 0 Å². The van der Waals surface area contributed by atoms with Gasteiger partial charge in [-0.3, -0.25) is 0 Å². The minimum absolute atomic E-state index is 0.199. The van der Waals surface area contributed by atoms with Crippen molar-refractivity contribution in [3.05, 3.63) is 42.0 Å². The van der Waals surface area contributed by atoms with Gasteiger partial charge in [0.05, 0.1) is 0 Å². The minimum Gasteiger partial charge on any atom is -0.0936 e. The molecule has 2 aromatic carbocycles. The van der Waals surface area contributed by atoms with E-state index >= 15 is 0 Å². The van der Waals surface area contributed by atoms with Crippen LogP contribution in [-0.2, 0) is 0 Å². The number of benzene rings is 2. The summed E-state index contributed by atoms with van der Waals surface area (Å²) in [7, 11) is -9.61. The molecule has 0 amide bonds. The zero-order valence-electron chi connectivity index (χ0n) is 11.9. The zero-order chi connectivity index (χ0) is 16.1. The Morgan fingerprint density at radius 2 is 1.32 bits per heavy atom. The SMILES string of the molecule is FS(F)(F)(F)(F)c1ccc2cc(C3CCCCC3)ccc2c1. The van der Waals surface area contributed by atoms with Crippen molar-refractivity contribution in [1.82, 2.24) is 0 Å². The van der Waals surface area contributed by atoms with Gasteiger partial charge in [-0.1, -0.05) is 63.0 Å². The molecule has 0 aromatic heterocycles. The fraction of sp³-hybridized carbons (Fsp3) is 0.375. The highest BCUT2D eigenvalue weighted by Crippen LogP contribution is 3.02. The van der Waals surface area contributed by atoms with E-state index < -0.39 is 15.1 Å². The van der Waals surface area contributed by atoms with Gasteiger partial charge in [-0.2, -0.15) is 0 Å². The molecule has 0 aliphatic heterocycles. The summed E-state index contributed by atoms with van der Waals surface area (Å²) in [6.45, 7) is 0. The van der Waals surface area contributed by atoms with Crippen LogP contribution in [0.5, 0.6) is 0 Å². The van der Waals surface area contributed by atoms with E-state index in [-0.39, 0.29) is 5.39 Å². The van der Waals surface area contributed by atoms with Crippen LogP contribution in [0.3, 0.4) is 0 Å². The van der Waals surface area contributed by atoms with E-state index in [1.54, 1.807) is 6.07 Å². The molecule has 1 aliphatic carbocycles. The van der Waals surface area contributed by atoms with Crippen LogP contribution in [0.4, 0.5) is 19.4 Å². The molecular weight excluding hydrogens is 319 g/mol. The minimum atomic E-state index is -9.61. The van der Waals surface area contributed by atoms with E-state index in [1.165, 1.54) is 12.5 Å². The van der Waals surface area contributed by atoms with Gasteiger partial charge in [0, 0.05) is 0 Å². The summed E-state index contributed by atoms with van der Waals surface area (Å²) in [5.41, 5.74) is 1.09. The topological polar surface area (TPSA) is 0 Å². The third-order valence-corrected chi connectivity index (χ3v) is 5.50. The summed E-state index contributed by atoms with van der Waals surface area (Å²) in [5.74, 6) is 0.424. The lowest BCUT2D eigenvalue weighted by Gasteiger charge is -2.40.